The Kier molecular flexibility index (Phi) is 10.7. The molecule has 8 nitrogen and oxygen atoms in total. The second-order valence-corrected chi connectivity index (χ2v) is 13.5. The highest BCUT2D eigenvalue weighted by Crippen LogP contribution is 2.29. The van der Waals surface area contributed by atoms with Crippen LogP contribution in [-0.4, -0.2) is 35.0 Å². The van der Waals surface area contributed by atoms with E-state index in [2.05, 4.69) is 10.6 Å². The standard InChI is InChI=1S/C49H40N4O4/c1-3-56-38-25-17-34(18-26-38)46-30-42(40-9-5-7-11-44(40)52-46)48(54)50-36-21-13-32(14-22-36)29-33-15-23-37(24-16-33)51-49(55)43-31-47(53-45-12-8-6-10-41(43)45)35-19-27-39(28-20-35)57-4-2/h5-28,30-31H,3-4,29H2,1-2H3,(H,50,54)(H,51,55). The minimum Gasteiger partial charge on any atom is -0.494 e. The Bertz CT molecular complexity index is 2510. The number of para-hydroxylation sites is 2. The minimum atomic E-state index is -0.210. The van der Waals surface area contributed by atoms with Gasteiger partial charge in [-0.25, -0.2) is 9.97 Å². The van der Waals surface area contributed by atoms with Crippen molar-refractivity contribution in [1.29, 1.82) is 0 Å². The van der Waals surface area contributed by atoms with Crippen molar-refractivity contribution in [3.8, 4) is 34.0 Å². The number of carbonyl (C=O) groups excluding carboxylic acids is 2. The first kappa shape index (κ1) is 36.6. The molecule has 8 heteroatoms. The first-order chi connectivity index (χ1) is 27.9. The van der Waals surface area contributed by atoms with Gasteiger partial charge >= 0.3 is 0 Å². The second-order valence-electron chi connectivity index (χ2n) is 13.5. The molecule has 2 N–H and O–H groups in total. The molecular formula is C49H40N4O4. The summed E-state index contributed by atoms with van der Waals surface area (Å²) in [7, 11) is 0. The summed E-state index contributed by atoms with van der Waals surface area (Å²) in [5.41, 5.74) is 9.36. The van der Waals surface area contributed by atoms with E-state index in [4.69, 9.17) is 19.4 Å². The van der Waals surface area contributed by atoms with Crippen molar-refractivity contribution < 1.29 is 19.1 Å². The Morgan fingerprint density at radius 1 is 0.491 bits per heavy atom. The lowest BCUT2D eigenvalue weighted by atomic mass is 10.0. The minimum absolute atomic E-state index is 0.210. The normalized spacial score (nSPS) is 11.0. The van der Waals surface area contributed by atoms with Crippen molar-refractivity contribution in [3.63, 3.8) is 0 Å². The van der Waals surface area contributed by atoms with Crippen LogP contribution in [0, 0.1) is 0 Å². The van der Waals surface area contributed by atoms with Gasteiger partial charge < -0.3 is 20.1 Å². The van der Waals surface area contributed by atoms with Crippen LogP contribution in [0.3, 0.4) is 0 Å². The first-order valence-corrected chi connectivity index (χ1v) is 19.0. The predicted molar refractivity (Wildman–Crippen MR) is 228 cm³/mol. The lowest BCUT2D eigenvalue weighted by molar-refractivity contribution is 0.102. The summed E-state index contributed by atoms with van der Waals surface area (Å²) in [4.78, 5) is 37.1. The summed E-state index contributed by atoms with van der Waals surface area (Å²) in [5.74, 6) is 1.16. The fraction of sp³-hybridized carbons (Fsp3) is 0.102. The number of anilines is 2. The van der Waals surface area contributed by atoms with E-state index < -0.39 is 0 Å². The number of benzene rings is 6. The van der Waals surface area contributed by atoms with Crippen LogP contribution in [0.15, 0.2) is 158 Å². The highest BCUT2D eigenvalue weighted by Gasteiger charge is 2.16. The number of nitrogens with one attached hydrogen (secondary N) is 2. The summed E-state index contributed by atoms with van der Waals surface area (Å²) in [6.07, 6.45) is 0.684. The lowest BCUT2D eigenvalue weighted by Gasteiger charge is -2.12. The Morgan fingerprint density at radius 2 is 0.877 bits per heavy atom. The molecule has 0 aliphatic heterocycles. The number of ether oxygens (including phenoxy) is 2. The van der Waals surface area contributed by atoms with Crippen molar-refractivity contribution >= 4 is 45.0 Å². The van der Waals surface area contributed by atoms with Gasteiger partial charge in [0.05, 0.1) is 46.8 Å². The maximum atomic E-state index is 13.7. The highest BCUT2D eigenvalue weighted by molar-refractivity contribution is 6.14. The van der Waals surface area contributed by atoms with E-state index in [0.717, 1.165) is 55.6 Å². The highest BCUT2D eigenvalue weighted by atomic mass is 16.5. The topological polar surface area (TPSA) is 102 Å². The molecule has 8 aromatic rings. The summed E-state index contributed by atoms with van der Waals surface area (Å²) < 4.78 is 11.2. The van der Waals surface area contributed by atoms with E-state index in [1.54, 1.807) is 0 Å². The molecule has 0 spiro atoms. The first-order valence-electron chi connectivity index (χ1n) is 19.0. The largest absolute Gasteiger partial charge is 0.494 e. The van der Waals surface area contributed by atoms with Gasteiger partial charge in [-0.2, -0.15) is 0 Å². The van der Waals surface area contributed by atoms with Gasteiger partial charge in [0, 0.05) is 33.3 Å². The van der Waals surface area contributed by atoms with E-state index in [1.165, 1.54) is 0 Å². The SMILES string of the molecule is CCOc1ccc(-c2cc(C(=O)Nc3ccc(Cc4ccc(NC(=O)c5cc(-c6ccc(OCC)cc6)nc6ccccc56)cc4)cc3)c3ccccc3n2)cc1. The number of pyridine rings is 2. The van der Waals surface area contributed by atoms with Crippen LogP contribution in [0.25, 0.3) is 44.3 Å². The monoisotopic (exact) mass is 748 g/mol. The van der Waals surface area contributed by atoms with E-state index in [9.17, 15) is 9.59 Å². The number of hydrogen-bond donors (Lipinski definition) is 2. The van der Waals surface area contributed by atoms with Gasteiger partial charge in [0.1, 0.15) is 11.5 Å². The van der Waals surface area contributed by atoms with Crippen molar-refractivity contribution in [3.05, 3.63) is 180 Å². The molecule has 0 saturated carbocycles. The Balaban J connectivity index is 0.936. The third-order valence-corrected chi connectivity index (χ3v) is 9.68. The molecule has 2 amide bonds. The van der Waals surface area contributed by atoms with Gasteiger partial charge in [-0.3, -0.25) is 9.59 Å². The lowest BCUT2D eigenvalue weighted by Crippen LogP contribution is -2.13. The fourth-order valence-corrected chi connectivity index (χ4v) is 6.84. The quantitative estimate of drug-likeness (QED) is 0.129. The number of rotatable bonds is 12. The van der Waals surface area contributed by atoms with E-state index in [0.29, 0.717) is 53.5 Å². The third-order valence-electron chi connectivity index (χ3n) is 9.68. The zero-order valence-corrected chi connectivity index (χ0v) is 31.7. The molecule has 0 aliphatic carbocycles. The van der Waals surface area contributed by atoms with Crippen LogP contribution in [0.1, 0.15) is 45.7 Å². The molecular weight excluding hydrogens is 709 g/mol. The van der Waals surface area contributed by atoms with Crippen LogP contribution in [0.4, 0.5) is 11.4 Å². The second kappa shape index (κ2) is 16.6. The molecule has 0 radical (unpaired) electrons. The number of carbonyl (C=O) groups is 2. The molecule has 57 heavy (non-hydrogen) atoms. The molecule has 0 saturated heterocycles. The number of aromatic nitrogens is 2. The van der Waals surface area contributed by atoms with Gasteiger partial charge in [0.25, 0.3) is 11.8 Å². The zero-order valence-electron chi connectivity index (χ0n) is 31.7. The average molecular weight is 749 g/mol. The van der Waals surface area contributed by atoms with Crippen LogP contribution < -0.4 is 20.1 Å². The molecule has 0 bridgehead atoms. The smallest absolute Gasteiger partial charge is 0.256 e. The van der Waals surface area contributed by atoms with Gasteiger partial charge in [-0.15, -0.1) is 0 Å². The molecule has 0 fully saturated rings. The van der Waals surface area contributed by atoms with Crippen molar-refractivity contribution in [2.24, 2.45) is 0 Å². The molecule has 8 rings (SSSR count). The Labute approximate surface area is 331 Å². The van der Waals surface area contributed by atoms with Crippen molar-refractivity contribution in [1.82, 2.24) is 9.97 Å². The molecule has 0 aliphatic rings. The molecule has 6 aromatic carbocycles. The van der Waals surface area contributed by atoms with E-state index >= 15 is 0 Å². The summed E-state index contributed by atoms with van der Waals surface area (Å²) in [6, 6.07) is 50.2. The Hall–Kier alpha value is -7.32. The molecule has 280 valence electrons. The van der Waals surface area contributed by atoms with Crippen LogP contribution in [0.5, 0.6) is 11.5 Å². The maximum absolute atomic E-state index is 13.7. The van der Waals surface area contributed by atoms with Crippen LogP contribution in [-0.2, 0) is 6.42 Å². The maximum Gasteiger partial charge on any atom is 0.256 e. The van der Waals surface area contributed by atoms with Gasteiger partial charge in [0.15, 0.2) is 0 Å². The Morgan fingerprint density at radius 3 is 1.26 bits per heavy atom. The number of amides is 2. The number of hydrogen-bond acceptors (Lipinski definition) is 6. The fourth-order valence-electron chi connectivity index (χ4n) is 6.84. The van der Waals surface area contributed by atoms with E-state index in [-0.39, 0.29) is 11.8 Å². The number of nitrogens with zero attached hydrogens (tertiary/aromatic N) is 2. The summed E-state index contributed by atoms with van der Waals surface area (Å²) in [5, 5.41) is 7.72. The third kappa shape index (κ3) is 8.35. The van der Waals surface area contributed by atoms with Gasteiger partial charge in [0.2, 0.25) is 0 Å². The average Bonchev–Trinajstić information content (AvgIpc) is 3.25. The molecule has 0 atom stereocenters. The van der Waals surface area contributed by atoms with Crippen LogP contribution >= 0.6 is 0 Å². The van der Waals surface area contributed by atoms with Gasteiger partial charge in [-0.05, 0) is 128 Å². The van der Waals surface area contributed by atoms with Crippen molar-refractivity contribution in [2.45, 2.75) is 20.3 Å². The number of fused-ring (bicyclic) bond motifs is 2. The molecule has 2 aromatic heterocycles. The zero-order chi connectivity index (χ0) is 39.1. The van der Waals surface area contributed by atoms with Gasteiger partial charge in [-0.1, -0.05) is 60.7 Å². The van der Waals surface area contributed by atoms with Crippen LogP contribution in [0.2, 0.25) is 0 Å². The molecule has 2 heterocycles. The summed E-state index contributed by atoms with van der Waals surface area (Å²) in [6.45, 7) is 5.08. The molecule has 0 unspecified atom stereocenters. The van der Waals surface area contributed by atoms with Crippen molar-refractivity contribution in [2.75, 3.05) is 23.8 Å². The van der Waals surface area contributed by atoms with E-state index in [1.807, 2.05) is 172 Å². The summed E-state index contributed by atoms with van der Waals surface area (Å²) >= 11 is 0. The predicted octanol–water partition coefficient (Wildman–Crippen LogP) is 11.0.